The number of rotatable bonds is 2. The summed E-state index contributed by atoms with van der Waals surface area (Å²) in [5.74, 6) is 0. The quantitative estimate of drug-likeness (QED) is 0.907. The second-order valence-corrected chi connectivity index (χ2v) is 7.45. The van der Waals surface area contributed by atoms with Gasteiger partial charge in [0.15, 0.2) is 0 Å². The van der Waals surface area contributed by atoms with Gasteiger partial charge in [-0.15, -0.1) is 0 Å². The van der Waals surface area contributed by atoms with Crippen LogP contribution in [0.15, 0.2) is 29.2 Å². The number of fused-ring (bicyclic) bond motifs is 2. The molecule has 2 unspecified atom stereocenters. The van der Waals surface area contributed by atoms with Crippen LogP contribution in [-0.4, -0.2) is 37.9 Å². The second-order valence-electron chi connectivity index (χ2n) is 5.17. The molecule has 2 atom stereocenters. The number of hydrogen-bond acceptors (Lipinski definition) is 3. The maximum Gasteiger partial charge on any atom is 0.243 e. The van der Waals surface area contributed by atoms with E-state index in [9.17, 15) is 8.42 Å². The van der Waals surface area contributed by atoms with Gasteiger partial charge in [-0.1, -0.05) is 17.7 Å². The normalized spacial score (nSPS) is 28.3. The van der Waals surface area contributed by atoms with E-state index in [2.05, 4.69) is 5.32 Å². The summed E-state index contributed by atoms with van der Waals surface area (Å²) in [4.78, 5) is 0.304. The number of nitrogens with zero attached hydrogens (tertiary/aromatic N) is 1. The lowest BCUT2D eigenvalue weighted by Crippen LogP contribution is -2.42. The summed E-state index contributed by atoms with van der Waals surface area (Å²) in [5.41, 5.74) is 0. The van der Waals surface area contributed by atoms with Crippen LogP contribution < -0.4 is 5.32 Å². The molecular formula is C13H17ClN2O2S. The lowest BCUT2D eigenvalue weighted by molar-refractivity contribution is 0.334. The van der Waals surface area contributed by atoms with E-state index in [0.717, 1.165) is 32.4 Å². The Morgan fingerprint density at radius 2 is 2.00 bits per heavy atom. The Balaban J connectivity index is 2.00. The second kappa shape index (κ2) is 5.05. The summed E-state index contributed by atoms with van der Waals surface area (Å²) in [6.07, 6.45) is 2.79. The van der Waals surface area contributed by atoms with Crippen molar-refractivity contribution < 1.29 is 8.42 Å². The van der Waals surface area contributed by atoms with E-state index in [1.807, 2.05) is 0 Å². The van der Waals surface area contributed by atoms with Crippen molar-refractivity contribution in [3.8, 4) is 0 Å². The zero-order valence-electron chi connectivity index (χ0n) is 10.5. The molecule has 0 amide bonds. The van der Waals surface area contributed by atoms with Crippen molar-refractivity contribution >= 4 is 21.6 Å². The maximum atomic E-state index is 12.8. The fourth-order valence-corrected chi connectivity index (χ4v) is 5.28. The average molecular weight is 301 g/mol. The molecule has 1 aromatic rings. The van der Waals surface area contributed by atoms with Crippen LogP contribution in [0.1, 0.15) is 19.3 Å². The largest absolute Gasteiger partial charge is 0.315 e. The SMILES string of the molecule is O=S(=O)(c1cccc(Cl)c1)N1C2CCNCC1CC2. The molecule has 2 fully saturated rings. The van der Waals surface area contributed by atoms with Crippen molar-refractivity contribution in [3.63, 3.8) is 0 Å². The summed E-state index contributed by atoms with van der Waals surface area (Å²) < 4.78 is 27.3. The molecule has 0 saturated carbocycles. The van der Waals surface area contributed by atoms with Crippen LogP contribution in [-0.2, 0) is 10.0 Å². The van der Waals surface area contributed by atoms with Crippen LogP contribution in [0.3, 0.4) is 0 Å². The van der Waals surface area contributed by atoms with Gasteiger partial charge in [0.05, 0.1) is 4.90 Å². The lowest BCUT2D eigenvalue weighted by atomic mass is 10.1. The van der Waals surface area contributed by atoms with Crippen LogP contribution >= 0.6 is 11.6 Å². The number of halogens is 1. The Hall–Kier alpha value is -0.620. The van der Waals surface area contributed by atoms with Gasteiger partial charge in [-0.05, 0) is 44.0 Å². The van der Waals surface area contributed by atoms with Gasteiger partial charge in [0.25, 0.3) is 0 Å². The summed E-state index contributed by atoms with van der Waals surface area (Å²) in [6.45, 7) is 1.64. The van der Waals surface area contributed by atoms with Crippen LogP contribution in [0, 0.1) is 0 Å². The molecule has 0 radical (unpaired) electrons. The smallest absolute Gasteiger partial charge is 0.243 e. The van der Waals surface area contributed by atoms with E-state index < -0.39 is 10.0 Å². The minimum absolute atomic E-state index is 0.0801. The number of benzene rings is 1. The van der Waals surface area contributed by atoms with Crippen molar-refractivity contribution in [2.45, 2.75) is 36.2 Å². The molecule has 4 nitrogen and oxygen atoms in total. The monoisotopic (exact) mass is 300 g/mol. The minimum atomic E-state index is -3.43. The summed E-state index contributed by atoms with van der Waals surface area (Å²) in [6, 6.07) is 6.75. The fourth-order valence-electron chi connectivity index (χ4n) is 3.08. The van der Waals surface area contributed by atoms with E-state index in [0.29, 0.717) is 9.92 Å². The molecule has 6 heteroatoms. The third-order valence-corrected chi connectivity index (χ3v) is 6.19. The third-order valence-electron chi connectivity index (χ3n) is 3.96. The number of hydrogen-bond donors (Lipinski definition) is 1. The van der Waals surface area contributed by atoms with Gasteiger partial charge in [-0.2, -0.15) is 4.31 Å². The Bertz CT molecular complexity index is 562. The van der Waals surface area contributed by atoms with Crippen LogP contribution in [0.4, 0.5) is 0 Å². The molecule has 0 aliphatic carbocycles. The van der Waals surface area contributed by atoms with E-state index in [1.165, 1.54) is 6.07 Å². The topological polar surface area (TPSA) is 49.4 Å². The zero-order valence-corrected chi connectivity index (χ0v) is 12.1. The van der Waals surface area contributed by atoms with Crippen LogP contribution in [0.2, 0.25) is 5.02 Å². The fraction of sp³-hybridized carbons (Fsp3) is 0.538. The lowest BCUT2D eigenvalue weighted by Gasteiger charge is -2.26. The van der Waals surface area contributed by atoms with E-state index in [1.54, 1.807) is 22.5 Å². The summed E-state index contributed by atoms with van der Waals surface area (Å²) >= 11 is 5.92. The molecule has 2 heterocycles. The predicted molar refractivity (Wildman–Crippen MR) is 74.8 cm³/mol. The molecule has 2 aliphatic heterocycles. The molecule has 0 aromatic heterocycles. The highest BCUT2D eigenvalue weighted by atomic mass is 35.5. The van der Waals surface area contributed by atoms with Crippen molar-refractivity contribution in [2.75, 3.05) is 13.1 Å². The van der Waals surface area contributed by atoms with E-state index in [4.69, 9.17) is 11.6 Å². The number of sulfonamides is 1. The zero-order chi connectivity index (χ0) is 13.5. The molecular weight excluding hydrogens is 284 g/mol. The molecule has 2 bridgehead atoms. The summed E-state index contributed by atoms with van der Waals surface area (Å²) in [7, 11) is -3.43. The van der Waals surface area contributed by atoms with Crippen molar-refractivity contribution in [1.82, 2.24) is 9.62 Å². The summed E-state index contributed by atoms with van der Waals surface area (Å²) in [5, 5.41) is 3.77. The first-order valence-corrected chi connectivity index (χ1v) is 8.40. The van der Waals surface area contributed by atoms with Gasteiger partial charge >= 0.3 is 0 Å². The van der Waals surface area contributed by atoms with E-state index in [-0.39, 0.29) is 12.1 Å². The standard InChI is InChI=1S/C13H17ClN2O2S/c14-10-2-1-3-13(8-10)19(17,18)16-11-4-5-12(16)9-15-7-6-11/h1-3,8,11-12,15H,4-7,9H2. The Kier molecular flexibility index (Phi) is 3.55. The molecule has 2 aliphatic rings. The molecule has 1 N–H and O–H groups in total. The average Bonchev–Trinajstić information content (AvgIpc) is 2.63. The number of nitrogens with one attached hydrogen (secondary N) is 1. The first-order chi connectivity index (χ1) is 9.09. The van der Waals surface area contributed by atoms with Gasteiger partial charge in [0, 0.05) is 23.7 Å². The predicted octanol–water partition coefficient (Wildman–Crippen LogP) is 1.85. The molecule has 3 rings (SSSR count). The van der Waals surface area contributed by atoms with Crippen molar-refractivity contribution in [3.05, 3.63) is 29.3 Å². The van der Waals surface area contributed by atoms with Crippen molar-refractivity contribution in [1.29, 1.82) is 0 Å². The van der Waals surface area contributed by atoms with E-state index >= 15 is 0 Å². The van der Waals surface area contributed by atoms with Gasteiger partial charge in [0.1, 0.15) is 0 Å². The third kappa shape index (κ3) is 2.40. The van der Waals surface area contributed by atoms with Crippen LogP contribution in [0.5, 0.6) is 0 Å². The first-order valence-electron chi connectivity index (χ1n) is 6.59. The van der Waals surface area contributed by atoms with Gasteiger partial charge in [-0.3, -0.25) is 0 Å². The minimum Gasteiger partial charge on any atom is -0.315 e. The van der Waals surface area contributed by atoms with Crippen LogP contribution in [0.25, 0.3) is 0 Å². The Morgan fingerprint density at radius 3 is 2.79 bits per heavy atom. The molecule has 2 saturated heterocycles. The highest BCUT2D eigenvalue weighted by molar-refractivity contribution is 7.89. The molecule has 1 aromatic carbocycles. The van der Waals surface area contributed by atoms with Gasteiger partial charge < -0.3 is 5.32 Å². The van der Waals surface area contributed by atoms with Gasteiger partial charge in [0.2, 0.25) is 10.0 Å². The highest BCUT2D eigenvalue weighted by Crippen LogP contribution is 2.34. The van der Waals surface area contributed by atoms with Crippen molar-refractivity contribution in [2.24, 2.45) is 0 Å². The molecule has 104 valence electrons. The Labute approximate surface area is 118 Å². The van der Waals surface area contributed by atoms with Gasteiger partial charge in [-0.25, -0.2) is 8.42 Å². The maximum absolute atomic E-state index is 12.8. The highest BCUT2D eigenvalue weighted by Gasteiger charge is 2.42. The Morgan fingerprint density at radius 1 is 1.21 bits per heavy atom. The molecule has 19 heavy (non-hydrogen) atoms. The first kappa shape index (κ1) is 13.4. The molecule has 0 spiro atoms.